The normalized spacial score (nSPS) is 14.3. The summed E-state index contributed by atoms with van der Waals surface area (Å²) in [4.78, 5) is 29.6. The van der Waals surface area contributed by atoms with Gasteiger partial charge in [-0.1, -0.05) is 62.1 Å². The average Bonchev–Trinajstić information content (AvgIpc) is 3.05. The molecule has 4 rings (SSSR count). The fourth-order valence-electron chi connectivity index (χ4n) is 5.58. The number of hydrogen-bond donors (Lipinski definition) is 1. The highest BCUT2D eigenvalue weighted by molar-refractivity contribution is 7.92. The second-order valence-corrected chi connectivity index (χ2v) is 13.3. The van der Waals surface area contributed by atoms with Gasteiger partial charge in [0.25, 0.3) is 10.0 Å². The van der Waals surface area contributed by atoms with Crippen LogP contribution in [-0.2, 0) is 26.2 Å². The minimum Gasteiger partial charge on any atom is -0.497 e. The molecule has 0 saturated heterocycles. The van der Waals surface area contributed by atoms with Gasteiger partial charge in [0, 0.05) is 17.6 Å². The van der Waals surface area contributed by atoms with Crippen molar-refractivity contribution in [2.24, 2.45) is 0 Å². The van der Waals surface area contributed by atoms with Crippen LogP contribution in [0.2, 0.25) is 5.02 Å². The van der Waals surface area contributed by atoms with Crippen molar-refractivity contribution in [1.29, 1.82) is 0 Å². The number of methoxy groups -OCH3 is 1. The minimum absolute atomic E-state index is 0.0326. The number of carbonyl (C=O) groups is 2. The first-order valence-electron chi connectivity index (χ1n) is 15.4. The zero-order chi connectivity index (χ0) is 32.4. The lowest BCUT2D eigenvalue weighted by Crippen LogP contribution is -2.54. The van der Waals surface area contributed by atoms with Crippen LogP contribution < -0.4 is 19.1 Å². The zero-order valence-corrected chi connectivity index (χ0v) is 27.6. The van der Waals surface area contributed by atoms with Gasteiger partial charge in [-0.3, -0.25) is 13.9 Å². The Kier molecular flexibility index (Phi) is 12.1. The molecule has 2 amide bonds. The SMILES string of the molecule is CCOc1ccccc1N(CC(=O)N(Cc1ccc(OC)cc1)[C@H](CC)C(=O)NC1CCCCC1)S(=O)(=O)c1ccc(Cl)cc1. The van der Waals surface area contributed by atoms with Crippen molar-refractivity contribution in [3.63, 3.8) is 0 Å². The first-order valence-corrected chi connectivity index (χ1v) is 17.2. The Balaban J connectivity index is 1.74. The van der Waals surface area contributed by atoms with Gasteiger partial charge in [-0.25, -0.2) is 8.42 Å². The Bertz CT molecular complexity index is 1530. The predicted molar refractivity (Wildman–Crippen MR) is 176 cm³/mol. The summed E-state index contributed by atoms with van der Waals surface area (Å²) in [5.41, 5.74) is 0.988. The van der Waals surface area contributed by atoms with Crippen LogP contribution in [-0.4, -0.2) is 57.5 Å². The molecule has 11 heteroatoms. The number of rotatable bonds is 14. The highest BCUT2D eigenvalue weighted by Gasteiger charge is 2.35. The lowest BCUT2D eigenvalue weighted by Gasteiger charge is -2.34. The number of hydrogen-bond acceptors (Lipinski definition) is 6. The van der Waals surface area contributed by atoms with Gasteiger partial charge in [0.1, 0.15) is 24.1 Å². The van der Waals surface area contributed by atoms with E-state index >= 15 is 0 Å². The van der Waals surface area contributed by atoms with Crippen LogP contribution in [0.5, 0.6) is 11.5 Å². The van der Waals surface area contributed by atoms with Crippen molar-refractivity contribution in [2.75, 3.05) is 24.6 Å². The van der Waals surface area contributed by atoms with Crippen LogP contribution >= 0.6 is 11.6 Å². The number of nitrogens with zero attached hydrogens (tertiary/aromatic N) is 2. The minimum atomic E-state index is -4.27. The fraction of sp³-hybridized carbons (Fsp3) is 0.412. The van der Waals surface area contributed by atoms with Crippen molar-refractivity contribution in [3.05, 3.63) is 83.4 Å². The van der Waals surface area contributed by atoms with E-state index in [0.717, 1.165) is 42.0 Å². The molecule has 0 unspecified atom stereocenters. The zero-order valence-electron chi connectivity index (χ0n) is 26.1. The van der Waals surface area contributed by atoms with E-state index in [2.05, 4.69) is 5.32 Å². The van der Waals surface area contributed by atoms with Crippen molar-refractivity contribution in [3.8, 4) is 11.5 Å². The molecule has 1 fully saturated rings. The van der Waals surface area contributed by atoms with Gasteiger partial charge in [0.2, 0.25) is 11.8 Å². The maximum absolute atomic E-state index is 14.4. The second-order valence-electron chi connectivity index (χ2n) is 11.0. The van der Waals surface area contributed by atoms with Gasteiger partial charge >= 0.3 is 0 Å². The predicted octanol–water partition coefficient (Wildman–Crippen LogP) is 6.20. The molecule has 1 aliphatic carbocycles. The van der Waals surface area contributed by atoms with E-state index in [4.69, 9.17) is 21.1 Å². The molecule has 0 aromatic heterocycles. The van der Waals surface area contributed by atoms with E-state index in [1.54, 1.807) is 50.4 Å². The number of carbonyl (C=O) groups excluding carboxylic acids is 2. The molecule has 0 aliphatic heterocycles. The average molecular weight is 656 g/mol. The second kappa shape index (κ2) is 16.0. The Morgan fingerprint density at radius 2 is 1.62 bits per heavy atom. The van der Waals surface area contributed by atoms with Crippen molar-refractivity contribution >= 4 is 39.1 Å². The van der Waals surface area contributed by atoms with E-state index in [9.17, 15) is 18.0 Å². The molecule has 1 atom stereocenters. The summed E-state index contributed by atoms with van der Waals surface area (Å²) in [5.74, 6) is 0.203. The summed E-state index contributed by atoms with van der Waals surface area (Å²) in [6, 6.07) is 18.9. The smallest absolute Gasteiger partial charge is 0.264 e. The summed E-state index contributed by atoms with van der Waals surface area (Å²) >= 11 is 6.06. The van der Waals surface area contributed by atoms with Gasteiger partial charge in [-0.05, 0) is 80.3 Å². The molecule has 1 saturated carbocycles. The molecule has 45 heavy (non-hydrogen) atoms. The third kappa shape index (κ3) is 8.70. The molecule has 0 radical (unpaired) electrons. The van der Waals surface area contributed by atoms with Crippen LogP contribution in [0.1, 0.15) is 57.9 Å². The standard InChI is InChI=1S/C34H42ClN3O6S/c1-4-30(34(40)36-27-11-7-6-8-12-27)37(23-25-15-19-28(43-3)20-16-25)33(39)24-38(31-13-9-10-14-32(31)44-5-2)45(41,42)29-21-17-26(35)18-22-29/h9-10,13-22,27,30H,4-8,11-12,23-24H2,1-3H3,(H,36,40)/t30-/m1/s1. The molecule has 0 heterocycles. The van der Waals surface area contributed by atoms with Gasteiger partial charge in [0.15, 0.2) is 0 Å². The number of anilines is 1. The summed E-state index contributed by atoms with van der Waals surface area (Å²) in [7, 11) is -2.69. The van der Waals surface area contributed by atoms with Crippen LogP contribution in [0.3, 0.4) is 0 Å². The van der Waals surface area contributed by atoms with E-state index < -0.39 is 28.5 Å². The third-order valence-electron chi connectivity index (χ3n) is 7.96. The number of benzene rings is 3. The number of sulfonamides is 1. The summed E-state index contributed by atoms with van der Waals surface area (Å²) in [6.45, 7) is 3.49. The van der Waals surface area contributed by atoms with E-state index in [1.807, 2.05) is 19.1 Å². The maximum atomic E-state index is 14.4. The van der Waals surface area contributed by atoms with Gasteiger partial charge < -0.3 is 19.7 Å². The van der Waals surface area contributed by atoms with Gasteiger partial charge in [-0.2, -0.15) is 0 Å². The summed E-state index contributed by atoms with van der Waals surface area (Å²) in [6.07, 6.45) is 5.39. The maximum Gasteiger partial charge on any atom is 0.264 e. The molecule has 3 aromatic rings. The van der Waals surface area contributed by atoms with E-state index in [0.29, 0.717) is 29.5 Å². The van der Waals surface area contributed by atoms with Gasteiger partial charge in [0.05, 0.1) is 24.3 Å². The number of para-hydroxylation sites is 2. The molecular weight excluding hydrogens is 614 g/mol. The third-order valence-corrected chi connectivity index (χ3v) is 9.99. The highest BCUT2D eigenvalue weighted by atomic mass is 35.5. The molecule has 1 N–H and O–H groups in total. The van der Waals surface area contributed by atoms with E-state index in [1.165, 1.54) is 29.2 Å². The Labute approximate surface area is 271 Å². The number of ether oxygens (including phenoxy) is 2. The largest absolute Gasteiger partial charge is 0.497 e. The van der Waals surface area contributed by atoms with Crippen molar-refractivity contribution < 1.29 is 27.5 Å². The lowest BCUT2D eigenvalue weighted by atomic mass is 9.95. The molecule has 0 spiro atoms. The number of halogens is 1. The molecule has 3 aromatic carbocycles. The summed E-state index contributed by atoms with van der Waals surface area (Å²) < 4.78 is 40.5. The first kappa shape index (κ1) is 34.1. The lowest BCUT2D eigenvalue weighted by molar-refractivity contribution is -0.140. The molecular formula is C34H42ClN3O6S. The Morgan fingerprint density at radius 3 is 2.24 bits per heavy atom. The quantitative estimate of drug-likeness (QED) is 0.222. The van der Waals surface area contributed by atoms with Crippen LogP contribution in [0.25, 0.3) is 0 Å². The van der Waals surface area contributed by atoms with Crippen molar-refractivity contribution in [2.45, 2.75) is 75.9 Å². The number of nitrogens with one attached hydrogen (secondary N) is 1. The fourth-order valence-corrected chi connectivity index (χ4v) is 7.13. The molecule has 0 bridgehead atoms. The topological polar surface area (TPSA) is 105 Å². The molecule has 9 nitrogen and oxygen atoms in total. The van der Waals surface area contributed by atoms with Crippen molar-refractivity contribution in [1.82, 2.24) is 10.2 Å². The molecule has 1 aliphatic rings. The number of amides is 2. The highest BCUT2D eigenvalue weighted by Crippen LogP contribution is 2.33. The summed E-state index contributed by atoms with van der Waals surface area (Å²) in [5, 5.41) is 3.55. The van der Waals surface area contributed by atoms with Crippen LogP contribution in [0.15, 0.2) is 77.7 Å². The first-order chi connectivity index (χ1) is 21.7. The monoisotopic (exact) mass is 655 g/mol. The van der Waals surface area contributed by atoms with Gasteiger partial charge in [-0.15, -0.1) is 0 Å². The Hall–Kier alpha value is -3.76. The Morgan fingerprint density at radius 1 is 0.956 bits per heavy atom. The van der Waals surface area contributed by atoms with Crippen LogP contribution in [0.4, 0.5) is 5.69 Å². The van der Waals surface area contributed by atoms with Crippen LogP contribution in [0, 0.1) is 0 Å². The van der Waals surface area contributed by atoms with E-state index in [-0.39, 0.29) is 29.1 Å². The molecule has 242 valence electrons.